The van der Waals surface area contributed by atoms with Gasteiger partial charge in [0.1, 0.15) is 12.0 Å². The molecule has 0 aliphatic rings. The monoisotopic (exact) mass is 194 g/mol. The van der Waals surface area contributed by atoms with Crippen LogP contribution in [0.4, 0.5) is 0 Å². The lowest BCUT2D eigenvalue weighted by molar-refractivity contribution is -0.107. The van der Waals surface area contributed by atoms with Gasteiger partial charge in [-0.3, -0.25) is 0 Å². The Balaban J connectivity index is 2.87. The molecule has 0 aliphatic heterocycles. The maximum absolute atomic E-state index is 9.95. The Morgan fingerprint density at radius 1 is 1.54 bits per heavy atom. The first-order chi connectivity index (χ1) is 6.24. The van der Waals surface area contributed by atoms with Gasteiger partial charge in [-0.15, -0.1) is 0 Å². The molecule has 0 spiro atoms. The number of phenolic OH excluding ortho intramolecular Hbond substituents is 1. The Morgan fingerprint density at radius 3 is 2.92 bits per heavy atom. The highest BCUT2D eigenvalue weighted by atomic mass is 35.5. The number of aldehydes is 1. The fourth-order valence-corrected chi connectivity index (χ4v) is 0.960. The van der Waals surface area contributed by atoms with E-state index in [0.717, 1.165) is 6.29 Å². The predicted octanol–water partition coefficient (Wildman–Crippen LogP) is 1.99. The average molecular weight is 195 g/mol. The molecule has 0 amide bonds. The van der Waals surface area contributed by atoms with E-state index < -0.39 is 0 Å². The van der Waals surface area contributed by atoms with E-state index in [4.69, 9.17) is 16.7 Å². The number of hydrogen-bond acceptors (Lipinski definition) is 2. The Hall–Kier alpha value is -1.46. The number of benzene rings is 1. The van der Waals surface area contributed by atoms with Gasteiger partial charge in [-0.05, 0) is 18.2 Å². The van der Waals surface area contributed by atoms with E-state index in [2.05, 4.69) is 11.8 Å². The van der Waals surface area contributed by atoms with Crippen molar-refractivity contribution in [1.29, 1.82) is 0 Å². The quantitative estimate of drug-likeness (QED) is 0.548. The van der Waals surface area contributed by atoms with Gasteiger partial charge in [-0.25, -0.2) is 0 Å². The maximum Gasteiger partial charge on any atom is 0.134 e. The van der Waals surface area contributed by atoms with E-state index in [0.29, 0.717) is 5.56 Å². The summed E-state index contributed by atoms with van der Waals surface area (Å²) in [6.45, 7) is 0. The number of carbonyl (C=O) groups excluding carboxylic acids is 1. The summed E-state index contributed by atoms with van der Waals surface area (Å²) in [4.78, 5) is 9.95. The molecule has 2 nitrogen and oxygen atoms in total. The second-order valence-corrected chi connectivity index (χ2v) is 2.75. The van der Waals surface area contributed by atoms with Crippen LogP contribution in [-0.2, 0) is 4.79 Å². The van der Waals surface area contributed by atoms with Crippen LogP contribution in [0.2, 0.25) is 5.02 Å². The molecule has 0 atom stereocenters. The normalized spacial score (nSPS) is 8.69. The van der Waals surface area contributed by atoms with Crippen molar-refractivity contribution in [3.63, 3.8) is 0 Å². The molecule has 13 heavy (non-hydrogen) atoms. The van der Waals surface area contributed by atoms with Gasteiger partial charge < -0.3 is 9.90 Å². The van der Waals surface area contributed by atoms with Crippen LogP contribution < -0.4 is 0 Å². The minimum atomic E-state index is 0.0302. The van der Waals surface area contributed by atoms with E-state index >= 15 is 0 Å². The molecule has 0 heterocycles. The number of carbonyl (C=O) groups is 1. The second kappa shape index (κ2) is 4.54. The first-order valence-corrected chi connectivity index (χ1v) is 4.03. The highest BCUT2D eigenvalue weighted by Crippen LogP contribution is 2.22. The summed E-state index contributed by atoms with van der Waals surface area (Å²) >= 11 is 5.64. The summed E-state index contributed by atoms with van der Waals surface area (Å²) in [6.07, 6.45) is 0.938. The van der Waals surface area contributed by atoms with Gasteiger partial charge >= 0.3 is 0 Å². The van der Waals surface area contributed by atoms with Crippen molar-refractivity contribution < 1.29 is 9.90 Å². The van der Waals surface area contributed by atoms with E-state index in [1.807, 2.05) is 0 Å². The summed E-state index contributed by atoms with van der Waals surface area (Å²) < 4.78 is 0. The number of halogens is 1. The third-order valence-electron chi connectivity index (χ3n) is 1.37. The average Bonchev–Trinajstić information content (AvgIpc) is 2.12. The van der Waals surface area contributed by atoms with Gasteiger partial charge in [-0.1, -0.05) is 23.4 Å². The lowest BCUT2D eigenvalue weighted by Gasteiger charge is -1.95. The molecule has 1 N–H and O–H groups in total. The Labute approximate surface area is 81.1 Å². The van der Waals surface area contributed by atoms with Gasteiger partial charge in [0.2, 0.25) is 0 Å². The van der Waals surface area contributed by atoms with Gasteiger partial charge in [0, 0.05) is 5.56 Å². The Morgan fingerprint density at radius 2 is 2.31 bits per heavy atom. The van der Waals surface area contributed by atoms with Crippen LogP contribution in [0.3, 0.4) is 0 Å². The van der Waals surface area contributed by atoms with Crippen molar-refractivity contribution in [3.05, 3.63) is 28.8 Å². The first-order valence-electron chi connectivity index (χ1n) is 3.65. The molecule has 0 fully saturated rings. The Bertz CT molecular complexity index is 374. The lowest BCUT2D eigenvalue weighted by Crippen LogP contribution is -1.75. The van der Waals surface area contributed by atoms with Gasteiger partial charge in [0.05, 0.1) is 11.4 Å². The molecule has 0 aliphatic carbocycles. The molecule has 66 valence electrons. The SMILES string of the molecule is O=CCC#Cc1ccc(O)c(Cl)c1. The van der Waals surface area contributed by atoms with Crippen LogP contribution in [0.1, 0.15) is 12.0 Å². The van der Waals surface area contributed by atoms with E-state index in [1.165, 1.54) is 6.07 Å². The van der Waals surface area contributed by atoms with Gasteiger partial charge in [-0.2, -0.15) is 0 Å². The predicted molar refractivity (Wildman–Crippen MR) is 50.7 cm³/mol. The minimum Gasteiger partial charge on any atom is -0.506 e. The summed E-state index contributed by atoms with van der Waals surface area (Å²) in [5.74, 6) is 5.41. The standard InChI is InChI=1S/C10H7ClO2/c11-9-7-8(3-1-2-6-12)4-5-10(9)13/h4-7,13H,2H2. The fourth-order valence-electron chi connectivity index (χ4n) is 0.779. The first kappa shape index (κ1) is 9.63. The van der Waals surface area contributed by atoms with Crippen molar-refractivity contribution in [2.45, 2.75) is 6.42 Å². The van der Waals surface area contributed by atoms with Crippen molar-refractivity contribution in [1.82, 2.24) is 0 Å². The topological polar surface area (TPSA) is 37.3 Å². The Kier molecular flexibility index (Phi) is 3.36. The lowest BCUT2D eigenvalue weighted by atomic mass is 10.2. The molecule has 0 saturated heterocycles. The molecule has 0 saturated carbocycles. The minimum absolute atomic E-state index is 0.0302. The van der Waals surface area contributed by atoms with Crippen LogP contribution in [0.25, 0.3) is 0 Å². The smallest absolute Gasteiger partial charge is 0.134 e. The van der Waals surface area contributed by atoms with Crippen LogP contribution in [-0.4, -0.2) is 11.4 Å². The zero-order valence-corrected chi connectivity index (χ0v) is 7.51. The van der Waals surface area contributed by atoms with Crippen LogP contribution in [0.5, 0.6) is 5.75 Å². The summed E-state index contributed by atoms with van der Waals surface area (Å²) in [6, 6.07) is 4.65. The van der Waals surface area contributed by atoms with Crippen molar-refractivity contribution in [3.8, 4) is 17.6 Å². The third kappa shape index (κ3) is 2.81. The van der Waals surface area contributed by atoms with E-state index in [1.54, 1.807) is 12.1 Å². The molecule has 0 bridgehead atoms. The highest BCUT2D eigenvalue weighted by Gasteiger charge is 1.96. The zero-order chi connectivity index (χ0) is 9.68. The van der Waals surface area contributed by atoms with Crippen molar-refractivity contribution >= 4 is 17.9 Å². The van der Waals surface area contributed by atoms with E-state index in [-0.39, 0.29) is 17.2 Å². The van der Waals surface area contributed by atoms with Gasteiger partial charge in [0.15, 0.2) is 0 Å². The second-order valence-electron chi connectivity index (χ2n) is 2.34. The maximum atomic E-state index is 9.95. The summed E-state index contributed by atoms with van der Waals surface area (Å²) in [7, 11) is 0. The fraction of sp³-hybridized carbons (Fsp3) is 0.100. The number of rotatable bonds is 1. The van der Waals surface area contributed by atoms with Crippen LogP contribution >= 0.6 is 11.6 Å². The molecule has 0 unspecified atom stereocenters. The molecule has 0 radical (unpaired) electrons. The number of hydrogen-bond donors (Lipinski definition) is 1. The number of aromatic hydroxyl groups is 1. The molecule has 1 aromatic rings. The molecule has 3 heteroatoms. The molecule has 1 rings (SSSR count). The summed E-state index contributed by atoms with van der Waals surface area (Å²) in [5, 5.41) is 9.34. The molecule has 1 aromatic carbocycles. The molecular weight excluding hydrogens is 188 g/mol. The van der Waals surface area contributed by atoms with Gasteiger partial charge in [0.25, 0.3) is 0 Å². The third-order valence-corrected chi connectivity index (χ3v) is 1.67. The zero-order valence-electron chi connectivity index (χ0n) is 6.75. The molecule has 0 aromatic heterocycles. The van der Waals surface area contributed by atoms with Crippen LogP contribution in [0, 0.1) is 11.8 Å². The van der Waals surface area contributed by atoms with Crippen LogP contribution in [0.15, 0.2) is 18.2 Å². The highest BCUT2D eigenvalue weighted by molar-refractivity contribution is 6.32. The molecular formula is C10H7ClO2. The summed E-state index contributed by atoms with van der Waals surface area (Å²) in [5.41, 5.74) is 0.685. The largest absolute Gasteiger partial charge is 0.506 e. The van der Waals surface area contributed by atoms with Crippen molar-refractivity contribution in [2.75, 3.05) is 0 Å². The van der Waals surface area contributed by atoms with E-state index in [9.17, 15) is 4.79 Å². The van der Waals surface area contributed by atoms with Crippen molar-refractivity contribution in [2.24, 2.45) is 0 Å². The number of phenols is 1.